The molecule has 0 atom stereocenters. The van der Waals surface area contributed by atoms with Gasteiger partial charge in [-0.1, -0.05) is 196 Å². The Morgan fingerprint density at radius 3 is 1.28 bits per heavy atom. The number of rotatable bonds is 5. The molecule has 57 heavy (non-hydrogen) atoms. The van der Waals surface area contributed by atoms with Crippen molar-refractivity contribution in [1.82, 2.24) is 0 Å². The van der Waals surface area contributed by atoms with Crippen molar-refractivity contribution in [3.05, 3.63) is 217 Å². The summed E-state index contributed by atoms with van der Waals surface area (Å²) in [5, 5.41) is 7.51. The molecule has 0 radical (unpaired) electrons. The summed E-state index contributed by atoms with van der Waals surface area (Å²) in [6, 6.07) is 76.5. The van der Waals surface area contributed by atoms with E-state index in [1.54, 1.807) is 0 Å². The summed E-state index contributed by atoms with van der Waals surface area (Å²) >= 11 is 0. The summed E-state index contributed by atoms with van der Waals surface area (Å²) < 4.78 is 0. The lowest BCUT2D eigenvalue weighted by atomic mass is 9.81. The molecule has 0 aliphatic heterocycles. The van der Waals surface area contributed by atoms with Gasteiger partial charge in [-0.2, -0.15) is 0 Å². The lowest BCUT2D eigenvalue weighted by molar-refractivity contribution is 0.660. The smallest absolute Gasteiger partial charge is 0.0159 e. The molecule has 10 aromatic rings. The average Bonchev–Trinajstić information content (AvgIpc) is 3.51. The van der Waals surface area contributed by atoms with Crippen LogP contribution in [0.2, 0.25) is 0 Å². The van der Waals surface area contributed by atoms with E-state index in [0.717, 1.165) is 0 Å². The van der Waals surface area contributed by atoms with E-state index in [1.807, 2.05) is 0 Å². The predicted octanol–water partition coefficient (Wildman–Crippen LogP) is 15.8. The third kappa shape index (κ3) is 5.29. The predicted molar refractivity (Wildman–Crippen MR) is 244 cm³/mol. The Hall–Kier alpha value is -7.02. The van der Waals surface area contributed by atoms with E-state index in [4.69, 9.17) is 0 Å². The molecule has 0 spiro atoms. The first kappa shape index (κ1) is 33.3. The fraction of sp³-hybridized carbons (Fsp3) is 0.0526. The maximum atomic E-state index is 2.47. The standard InChI is InChI=1S/C57H40/c1-57(2)52-27-15-14-25-47(52)56-44(26-16-28-53(56)57)42-29-31-45-46-32-30-43(49-34-41-24-13-12-23-40(41)33-48(49)37-17-6-3-7-18-37)36-51(46)55(39-21-10-5-11-22-39)54(50(45)35-42)38-19-8-4-9-20-38/h3-36H,1-2H3. The van der Waals surface area contributed by atoms with Gasteiger partial charge in [0.2, 0.25) is 0 Å². The van der Waals surface area contributed by atoms with Crippen LogP contribution in [0.5, 0.6) is 0 Å². The normalized spacial score (nSPS) is 12.9. The van der Waals surface area contributed by atoms with Crippen LogP contribution in [0.4, 0.5) is 0 Å². The molecule has 268 valence electrons. The van der Waals surface area contributed by atoms with E-state index >= 15 is 0 Å². The van der Waals surface area contributed by atoms with Gasteiger partial charge in [0.25, 0.3) is 0 Å². The summed E-state index contributed by atoms with van der Waals surface area (Å²) in [6.45, 7) is 4.73. The molecule has 10 aromatic carbocycles. The van der Waals surface area contributed by atoms with Crippen molar-refractivity contribution in [3.8, 4) is 66.8 Å². The summed E-state index contributed by atoms with van der Waals surface area (Å²) in [5.74, 6) is 0. The minimum atomic E-state index is -0.0617. The zero-order chi connectivity index (χ0) is 38.1. The van der Waals surface area contributed by atoms with Crippen LogP contribution in [0.15, 0.2) is 206 Å². The van der Waals surface area contributed by atoms with Crippen LogP contribution >= 0.6 is 0 Å². The largest absolute Gasteiger partial charge is 0.0622 e. The maximum Gasteiger partial charge on any atom is 0.0159 e. The van der Waals surface area contributed by atoms with E-state index in [9.17, 15) is 0 Å². The van der Waals surface area contributed by atoms with Crippen LogP contribution in [-0.4, -0.2) is 0 Å². The molecular formula is C57H40. The van der Waals surface area contributed by atoms with Crippen LogP contribution in [0.25, 0.3) is 99.1 Å². The van der Waals surface area contributed by atoms with Crippen molar-refractivity contribution < 1.29 is 0 Å². The van der Waals surface area contributed by atoms with Gasteiger partial charge in [0.15, 0.2) is 0 Å². The summed E-state index contributed by atoms with van der Waals surface area (Å²) in [4.78, 5) is 0. The lowest BCUT2D eigenvalue weighted by Crippen LogP contribution is -2.14. The van der Waals surface area contributed by atoms with Gasteiger partial charge in [0, 0.05) is 5.41 Å². The topological polar surface area (TPSA) is 0 Å². The van der Waals surface area contributed by atoms with Gasteiger partial charge >= 0.3 is 0 Å². The van der Waals surface area contributed by atoms with Crippen molar-refractivity contribution in [2.75, 3.05) is 0 Å². The van der Waals surface area contributed by atoms with E-state index < -0.39 is 0 Å². The summed E-state index contributed by atoms with van der Waals surface area (Å²) in [6.07, 6.45) is 0. The van der Waals surface area contributed by atoms with Gasteiger partial charge in [-0.05, 0) is 134 Å². The molecule has 0 saturated heterocycles. The van der Waals surface area contributed by atoms with Gasteiger partial charge in [-0.3, -0.25) is 0 Å². The van der Waals surface area contributed by atoms with Crippen LogP contribution in [-0.2, 0) is 5.41 Å². The average molecular weight is 725 g/mol. The van der Waals surface area contributed by atoms with Crippen molar-refractivity contribution in [3.63, 3.8) is 0 Å². The lowest BCUT2D eigenvalue weighted by Gasteiger charge is -2.22. The Kier molecular flexibility index (Phi) is 7.63. The molecule has 0 unspecified atom stereocenters. The highest BCUT2D eigenvalue weighted by molar-refractivity contribution is 6.23. The molecule has 0 aromatic heterocycles. The molecule has 0 N–H and O–H groups in total. The van der Waals surface area contributed by atoms with E-state index in [-0.39, 0.29) is 5.41 Å². The zero-order valence-electron chi connectivity index (χ0n) is 32.1. The molecule has 0 bridgehead atoms. The second kappa shape index (κ2) is 13.0. The van der Waals surface area contributed by atoms with Crippen molar-refractivity contribution in [2.45, 2.75) is 19.3 Å². The second-order valence-electron chi connectivity index (χ2n) is 16.0. The molecular weight excluding hydrogens is 685 g/mol. The molecule has 11 rings (SSSR count). The minimum absolute atomic E-state index is 0.0617. The quantitative estimate of drug-likeness (QED) is 0.155. The molecule has 0 heterocycles. The van der Waals surface area contributed by atoms with Crippen molar-refractivity contribution in [1.29, 1.82) is 0 Å². The monoisotopic (exact) mass is 724 g/mol. The Bertz CT molecular complexity index is 3170. The fourth-order valence-corrected chi connectivity index (χ4v) is 9.72. The van der Waals surface area contributed by atoms with Crippen LogP contribution in [0.1, 0.15) is 25.0 Å². The first-order valence-electron chi connectivity index (χ1n) is 20.0. The molecule has 0 amide bonds. The highest BCUT2D eigenvalue weighted by Gasteiger charge is 2.36. The van der Waals surface area contributed by atoms with Gasteiger partial charge < -0.3 is 0 Å². The Balaban J connectivity index is 1.23. The molecule has 0 saturated carbocycles. The van der Waals surface area contributed by atoms with Crippen LogP contribution < -0.4 is 0 Å². The molecule has 0 heteroatoms. The van der Waals surface area contributed by atoms with Gasteiger partial charge in [-0.25, -0.2) is 0 Å². The molecule has 1 aliphatic carbocycles. The maximum absolute atomic E-state index is 2.47. The van der Waals surface area contributed by atoms with Crippen molar-refractivity contribution >= 4 is 32.3 Å². The third-order valence-corrected chi connectivity index (χ3v) is 12.4. The second-order valence-corrected chi connectivity index (χ2v) is 16.0. The van der Waals surface area contributed by atoms with E-state index in [1.165, 1.54) is 110 Å². The Morgan fingerprint density at radius 1 is 0.263 bits per heavy atom. The summed E-state index contributed by atoms with van der Waals surface area (Å²) in [7, 11) is 0. The summed E-state index contributed by atoms with van der Waals surface area (Å²) in [5.41, 5.74) is 17.8. The van der Waals surface area contributed by atoms with E-state index in [0.29, 0.717) is 0 Å². The SMILES string of the molecule is CC1(C)c2ccccc2-c2c(-c3ccc4c(c3)c(-c3ccccc3)c(-c3ccccc3)c3cc(-c5cc6ccccc6cc5-c5ccccc5)ccc34)cccc21. The number of fused-ring (bicyclic) bond motifs is 7. The fourth-order valence-electron chi connectivity index (χ4n) is 9.72. The van der Waals surface area contributed by atoms with Crippen molar-refractivity contribution in [2.24, 2.45) is 0 Å². The minimum Gasteiger partial charge on any atom is -0.0622 e. The van der Waals surface area contributed by atoms with Gasteiger partial charge in [0.05, 0.1) is 0 Å². The first-order valence-corrected chi connectivity index (χ1v) is 20.0. The third-order valence-electron chi connectivity index (χ3n) is 12.4. The van der Waals surface area contributed by atoms with Crippen LogP contribution in [0, 0.1) is 0 Å². The zero-order valence-corrected chi connectivity index (χ0v) is 32.1. The molecule has 0 fully saturated rings. The Labute approximate surface area is 334 Å². The molecule has 0 nitrogen and oxygen atoms in total. The molecule has 1 aliphatic rings. The van der Waals surface area contributed by atoms with Gasteiger partial charge in [-0.15, -0.1) is 0 Å². The Morgan fingerprint density at radius 2 is 0.702 bits per heavy atom. The highest BCUT2D eigenvalue weighted by Crippen LogP contribution is 2.53. The van der Waals surface area contributed by atoms with Gasteiger partial charge in [0.1, 0.15) is 0 Å². The first-order chi connectivity index (χ1) is 28.0. The number of hydrogen-bond donors (Lipinski definition) is 0. The highest BCUT2D eigenvalue weighted by atomic mass is 14.4. The number of benzene rings is 10. The van der Waals surface area contributed by atoms with E-state index in [2.05, 4.69) is 220 Å². The number of hydrogen-bond acceptors (Lipinski definition) is 0. The van der Waals surface area contributed by atoms with Crippen LogP contribution in [0.3, 0.4) is 0 Å².